The van der Waals surface area contributed by atoms with Crippen LogP contribution >= 0.6 is 0 Å². The third-order valence-corrected chi connectivity index (χ3v) is 4.81. The summed E-state index contributed by atoms with van der Waals surface area (Å²) in [4.78, 5) is 0. The van der Waals surface area contributed by atoms with Crippen LogP contribution in [0.15, 0.2) is 18.2 Å². The minimum absolute atomic E-state index is 0.0731. The second kappa shape index (κ2) is 7.37. The van der Waals surface area contributed by atoms with Crippen molar-refractivity contribution in [1.82, 2.24) is 0 Å². The molecule has 0 amide bonds. The fraction of sp³-hybridized carbons (Fsp3) is 0.667. The van der Waals surface area contributed by atoms with Crippen LogP contribution in [0.3, 0.4) is 0 Å². The standard InChI is InChI=1S/C18H28FNO/c1-3-21-18(10-6-4-5-7-11-18)17(20)13-15-12-16(19)9-8-14(15)2/h8-9,12,17H,3-7,10-11,13,20H2,1-2H3. The molecule has 1 aliphatic rings. The van der Waals surface area contributed by atoms with Gasteiger partial charge in [0.05, 0.1) is 5.60 Å². The lowest BCUT2D eigenvalue weighted by molar-refractivity contribution is -0.0683. The third kappa shape index (κ3) is 4.04. The molecule has 1 aliphatic carbocycles. The Kier molecular flexibility index (Phi) is 5.77. The van der Waals surface area contributed by atoms with E-state index in [-0.39, 0.29) is 17.5 Å². The lowest BCUT2D eigenvalue weighted by atomic mass is 9.82. The molecule has 2 rings (SSSR count). The van der Waals surface area contributed by atoms with Crippen LogP contribution in [0.2, 0.25) is 0 Å². The highest BCUT2D eigenvalue weighted by molar-refractivity contribution is 5.28. The van der Waals surface area contributed by atoms with Crippen molar-refractivity contribution >= 4 is 0 Å². The Balaban J connectivity index is 2.17. The predicted molar refractivity (Wildman–Crippen MR) is 84.9 cm³/mol. The highest BCUT2D eigenvalue weighted by Gasteiger charge is 2.37. The first-order valence-electron chi connectivity index (χ1n) is 8.22. The lowest BCUT2D eigenvalue weighted by Gasteiger charge is -2.38. The van der Waals surface area contributed by atoms with Crippen molar-refractivity contribution in [2.45, 2.75) is 70.4 Å². The number of nitrogens with two attached hydrogens (primary N) is 1. The molecule has 0 bridgehead atoms. The molecule has 0 spiro atoms. The van der Waals surface area contributed by atoms with Gasteiger partial charge in [-0.25, -0.2) is 4.39 Å². The minimum Gasteiger partial charge on any atom is -0.374 e. The van der Waals surface area contributed by atoms with Gasteiger partial charge in [-0.2, -0.15) is 0 Å². The molecular weight excluding hydrogens is 265 g/mol. The topological polar surface area (TPSA) is 35.2 Å². The monoisotopic (exact) mass is 293 g/mol. The number of benzene rings is 1. The van der Waals surface area contributed by atoms with E-state index in [1.807, 2.05) is 19.9 Å². The van der Waals surface area contributed by atoms with E-state index in [2.05, 4.69) is 0 Å². The Morgan fingerprint density at radius 3 is 2.52 bits per heavy atom. The normalized spacial score (nSPS) is 20.0. The van der Waals surface area contributed by atoms with Gasteiger partial charge in [-0.15, -0.1) is 0 Å². The average Bonchev–Trinajstić information content (AvgIpc) is 2.70. The number of ether oxygens (including phenoxy) is 1. The fourth-order valence-corrected chi connectivity index (χ4v) is 3.52. The van der Waals surface area contributed by atoms with Crippen molar-refractivity contribution < 1.29 is 9.13 Å². The molecule has 1 unspecified atom stereocenters. The van der Waals surface area contributed by atoms with Crippen molar-refractivity contribution in [2.24, 2.45) is 5.73 Å². The summed E-state index contributed by atoms with van der Waals surface area (Å²) >= 11 is 0. The third-order valence-electron chi connectivity index (χ3n) is 4.81. The maximum atomic E-state index is 13.5. The molecule has 0 saturated heterocycles. The molecule has 0 radical (unpaired) electrons. The first-order valence-corrected chi connectivity index (χ1v) is 8.22. The Labute approximate surface area is 127 Å². The number of rotatable bonds is 5. The summed E-state index contributed by atoms with van der Waals surface area (Å²) in [7, 11) is 0. The molecule has 2 nitrogen and oxygen atoms in total. The summed E-state index contributed by atoms with van der Waals surface area (Å²) in [6.07, 6.45) is 7.61. The van der Waals surface area contributed by atoms with E-state index in [1.54, 1.807) is 6.07 Å². The average molecular weight is 293 g/mol. The summed E-state index contributed by atoms with van der Waals surface area (Å²) in [6.45, 7) is 4.74. The first-order chi connectivity index (χ1) is 10.1. The van der Waals surface area contributed by atoms with Crippen molar-refractivity contribution in [3.8, 4) is 0 Å². The largest absolute Gasteiger partial charge is 0.374 e. The van der Waals surface area contributed by atoms with Crippen molar-refractivity contribution in [2.75, 3.05) is 6.61 Å². The summed E-state index contributed by atoms with van der Waals surface area (Å²) in [6, 6.07) is 4.88. The van der Waals surface area contributed by atoms with Crippen molar-refractivity contribution in [3.63, 3.8) is 0 Å². The predicted octanol–water partition coefficient (Wildman–Crippen LogP) is 4.13. The Hall–Kier alpha value is -0.930. The molecule has 0 aliphatic heterocycles. The van der Waals surface area contributed by atoms with Gasteiger partial charge < -0.3 is 10.5 Å². The van der Waals surface area contributed by atoms with Gasteiger partial charge in [0.25, 0.3) is 0 Å². The number of halogens is 1. The maximum absolute atomic E-state index is 13.5. The molecule has 118 valence electrons. The summed E-state index contributed by atoms with van der Waals surface area (Å²) in [5.41, 5.74) is 8.42. The van der Waals surface area contributed by atoms with Gasteiger partial charge in [-0.1, -0.05) is 31.7 Å². The van der Waals surface area contributed by atoms with Crippen LogP contribution in [0.25, 0.3) is 0 Å². The molecule has 3 heteroatoms. The van der Waals surface area contributed by atoms with Crippen molar-refractivity contribution in [3.05, 3.63) is 35.1 Å². The van der Waals surface area contributed by atoms with Crippen LogP contribution in [0, 0.1) is 12.7 Å². The van der Waals surface area contributed by atoms with Gasteiger partial charge in [0.15, 0.2) is 0 Å². The maximum Gasteiger partial charge on any atom is 0.123 e. The first kappa shape index (κ1) is 16.4. The second-order valence-corrected chi connectivity index (χ2v) is 6.29. The second-order valence-electron chi connectivity index (χ2n) is 6.29. The molecule has 1 aromatic carbocycles. The molecule has 1 fully saturated rings. The van der Waals surface area contributed by atoms with E-state index in [4.69, 9.17) is 10.5 Å². The van der Waals surface area contributed by atoms with Crippen LogP contribution in [-0.4, -0.2) is 18.2 Å². The molecule has 1 aromatic rings. The molecule has 0 aromatic heterocycles. The molecular formula is C18H28FNO. The SMILES string of the molecule is CCOC1(C(N)Cc2cc(F)ccc2C)CCCCCC1. The summed E-state index contributed by atoms with van der Waals surface area (Å²) < 4.78 is 19.6. The molecule has 2 N–H and O–H groups in total. The smallest absolute Gasteiger partial charge is 0.123 e. The van der Waals surface area contributed by atoms with E-state index in [0.717, 1.165) is 24.0 Å². The van der Waals surface area contributed by atoms with Gasteiger partial charge in [0.2, 0.25) is 0 Å². The van der Waals surface area contributed by atoms with Gasteiger partial charge in [0.1, 0.15) is 5.82 Å². The highest BCUT2D eigenvalue weighted by atomic mass is 19.1. The Bertz CT molecular complexity index is 453. The van der Waals surface area contributed by atoms with E-state index in [9.17, 15) is 4.39 Å². The number of hydrogen-bond acceptors (Lipinski definition) is 2. The van der Waals surface area contributed by atoms with Crippen LogP contribution < -0.4 is 5.73 Å². The molecule has 1 atom stereocenters. The van der Waals surface area contributed by atoms with Crippen LogP contribution in [-0.2, 0) is 11.2 Å². The van der Waals surface area contributed by atoms with Crippen molar-refractivity contribution in [1.29, 1.82) is 0 Å². The zero-order valence-electron chi connectivity index (χ0n) is 13.3. The van der Waals surface area contributed by atoms with Gasteiger partial charge in [0, 0.05) is 12.6 Å². The van der Waals surface area contributed by atoms with Crippen LogP contribution in [0.4, 0.5) is 4.39 Å². The van der Waals surface area contributed by atoms with Crippen LogP contribution in [0.5, 0.6) is 0 Å². The quantitative estimate of drug-likeness (QED) is 0.828. The zero-order valence-corrected chi connectivity index (χ0v) is 13.3. The van der Waals surface area contributed by atoms with E-state index < -0.39 is 0 Å². The van der Waals surface area contributed by atoms with Crippen LogP contribution in [0.1, 0.15) is 56.6 Å². The van der Waals surface area contributed by atoms with Gasteiger partial charge >= 0.3 is 0 Å². The highest BCUT2D eigenvalue weighted by Crippen LogP contribution is 2.34. The molecule has 0 heterocycles. The van der Waals surface area contributed by atoms with E-state index >= 15 is 0 Å². The van der Waals surface area contributed by atoms with E-state index in [0.29, 0.717) is 13.0 Å². The fourth-order valence-electron chi connectivity index (χ4n) is 3.52. The molecule has 1 saturated carbocycles. The van der Waals surface area contributed by atoms with Gasteiger partial charge in [-0.3, -0.25) is 0 Å². The van der Waals surface area contributed by atoms with E-state index in [1.165, 1.54) is 31.7 Å². The minimum atomic E-state index is -0.232. The summed E-state index contributed by atoms with van der Waals surface area (Å²) in [5, 5.41) is 0. The lowest BCUT2D eigenvalue weighted by Crippen LogP contribution is -2.51. The summed E-state index contributed by atoms with van der Waals surface area (Å²) in [5.74, 6) is -0.186. The Morgan fingerprint density at radius 2 is 1.90 bits per heavy atom. The Morgan fingerprint density at radius 1 is 1.24 bits per heavy atom. The van der Waals surface area contributed by atoms with Gasteiger partial charge in [-0.05, 0) is 56.4 Å². The number of hydrogen-bond donors (Lipinski definition) is 1. The zero-order chi connectivity index (χ0) is 15.3. The number of aryl methyl sites for hydroxylation is 1. The molecule has 21 heavy (non-hydrogen) atoms.